The van der Waals surface area contributed by atoms with Crippen LogP contribution < -0.4 is 4.72 Å². The summed E-state index contributed by atoms with van der Waals surface area (Å²) in [4.78, 5) is -0.850. The van der Waals surface area contributed by atoms with E-state index in [9.17, 15) is 21.6 Å². The van der Waals surface area contributed by atoms with Crippen LogP contribution in [0.4, 0.5) is 13.2 Å². The highest BCUT2D eigenvalue weighted by Crippen LogP contribution is 2.35. The number of nitrogens with one attached hydrogen (secondary N) is 1. The second-order valence-electron chi connectivity index (χ2n) is 5.14. The number of alkyl halides is 3. The van der Waals surface area contributed by atoms with Gasteiger partial charge in [0.05, 0.1) is 22.6 Å². The van der Waals surface area contributed by atoms with Crippen molar-refractivity contribution in [2.45, 2.75) is 37.4 Å². The number of sulfonamides is 1. The largest absolute Gasteiger partial charge is 0.417 e. The quantitative estimate of drug-likeness (QED) is 0.894. The Kier molecular flexibility index (Phi) is 4.52. The zero-order valence-electron chi connectivity index (χ0n) is 11.2. The first-order valence-electron chi connectivity index (χ1n) is 5.72. The Morgan fingerprint density at radius 1 is 1.25 bits per heavy atom. The third-order valence-corrected chi connectivity index (χ3v) is 4.29. The minimum absolute atomic E-state index is 0.303. The molecule has 2 N–H and O–H groups in total. The van der Waals surface area contributed by atoms with Crippen molar-refractivity contribution >= 4 is 10.0 Å². The third-order valence-electron chi connectivity index (χ3n) is 2.54. The number of hydrogen-bond donors (Lipinski definition) is 2. The molecule has 114 valence electrons. The Hall–Kier alpha value is -1.12. The van der Waals surface area contributed by atoms with Crippen LogP contribution in [0.15, 0.2) is 23.1 Å². The molecule has 1 rings (SSSR count). The number of benzene rings is 1. The Labute approximate surface area is 115 Å². The standard InChI is InChI=1S/C12H16F3NO3S/c1-8-4-5-10(9(6-8)12(13,14)15)20(18,19)16-11(2,3)7-17/h4-6,16-17H,7H2,1-3H3. The minimum Gasteiger partial charge on any atom is -0.394 e. The molecule has 0 amide bonds. The number of aliphatic hydroxyl groups excluding tert-OH is 1. The smallest absolute Gasteiger partial charge is 0.394 e. The maximum absolute atomic E-state index is 12.9. The Balaban J connectivity index is 3.40. The summed E-state index contributed by atoms with van der Waals surface area (Å²) in [7, 11) is -4.39. The van der Waals surface area contributed by atoms with E-state index < -0.39 is 38.8 Å². The van der Waals surface area contributed by atoms with Crippen molar-refractivity contribution in [3.8, 4) is 0 Å². The van der Waals surface area contributed by atoms with E-state index in [1.165, 1.54) is 26.8 Å². The van der Waals surface area contributed by atoms with Gasteiger partial charge in [-0.1, -0.05) is 11.6 Å². The lowest BCUT2D eigenvalue weighted by molar-refractivity contribution is -0.139. The number of aryl methyl sites for hydroxylation is 1. The molecule has 20 heavy (non-hydrogen) atoms. The summed E-state index contributed by atoms with van der Waals surface area (Å²) in [6.45, 7) is 3.63. The van der Waals surface area contributed by atoms with Gasteiger partial charge in [0.1, 0.15) is 0 Å². The highest BCUT2D eigenvalue weighted by molar-refractivity contribution is 7.89. The van der Waals surface area contributed by atoms with Crippen LogP contribution in [0.1, 0.15) is 25.0 Å². The maximum atomic E-state index is 12.9. The van der Waals surface area contributed by atoms with Gasteiger partial charge in [-0.3, -0.25) is 0 Å². The Morgan fingerprint density at radius 3 is 2.25 bits per heavy atom. The van der Waals surface area contributed by atoms with Crippen LogP contribution in [0, 0.1) is 6.92 Å². The van der Waals surface area contributed by atoms with Gasteiger partial charge in [-0.05, 0) is 32.9 Å². The molecule has 0 fully saturated rings. The summed E-state index contributed by atoms with van der Waals surface area (Å²) in [5.41, 5.74) is -2.18. The van der Waals surface area contributed by atoms with Crippen molar-refractivity contribution < 1.29 is 26.7 Å². The molecule has 0 heterocycles. The number of hydrogen-bond acceptors (Lipinski definition) is 3. The molecule has 0 aromatic heterocycles. The molecule has 4 nitrogen and oxygen atoms in total. The molecule has 0 spiro atoms. The summed E-state index contributed by atoms with van der Waals surface area (Å²) in [6, 6.07) is 2.98. The molecule has 0 radical (unpaired) electrons. The summed E-state index contributed by atoms with van der Waals surface area (Å²) in [6.07, 6.45) is -4.78. The van der Waals surface area contributed by atoms with Crippen LogP contribution in [0.25, 0.3) is 0 Å². The van der Waals surface area contributed by atoms with Crippen LogP contribution in [-0.4, -0.2) is 25.7 Å². The first-order chi connectivity index (χ1) is 8.89. The molecule has 0 bridgehead atoms. The fraction of sp³-hybridized carbons (Fsp3) is 0.500. The summed E-state index contributed by atoms with van der Waals surface area (Å²) < 4.78 is 65.0. The zero-order chi connectivity index (χ0) is 15.8. The monoisotopic (exact) mass is 311 g/mol. The molecule has 1 aromatic carbocycles. The van der Waals surface area contributed by atoms with Crippen molar-refractivity contribution in [1.29, 1.82) is 0 Å². The van der Waals surface area contributed by atoms with Gasteiger partial charge in [-0.2, -0.15) is 13.2 Å². The number of rotatable bonds is 4. The van der Waals surface area contributed by atoms with Gasteiger partial charge in [0.15, 0.2) is 0 Å². The summed E-state index contributed by atoms with van der Waals surface area (Å²) in [5.74, 6) is 0. The molecule has 0 saturated heterocycles. The Morgan fingerprint density at radius 2 is 1.80 bits per heavy atom. The van der Waals surface area contributed by atoms with Gasteiger partial charge in [0, 0.05) is 0 Å². The van der Waals surface area contributed by atoms with Crippen molar-refractivity contribution in [3.63, 3.8) is 0 Å². The number of aliphatic hydroxyl groups is 1. The van der Waals surface area contributed by atoms with E-state index in [1.54, 1.807) is 0 Å². The summed E-state index contributed by atoms with van der Waals surface area (Å²) >= 11 is 0. The van der Waals surface area contributed by atoms with Gasteiger partial charge < -0.3 is 5.11 Å². The highest BCUT2D eigenvalue weighted by atomic mass is 32.2. The summed E-state index contributed by atoms with van der Waals surface area (Å²) in [5, 5.41) is 9.03. The molecule has 0 aliphatic heterocycles. The van der Waals surface area contributed by atoms with E-state index in [1.807, 2.05) is 0 Å². The average molecular weight is 311 g/mol. The topological polar surface area (TPSA) is 66.4 Å². The van der Waals surface area contributed by atoms with Gasteiger partial charge in [-0.25, -0.2) is 13.1 Å². The van der Waals surface area contributed by atoms with Gasteiger partial charge in [-0.15, -0.1) is 0 Å². The van der Waals surface area contributed by atoms with E-state index >= 15 is 0 Å². The molecule has 0 aliphatic carbocycles. The molecular formula is C12H16F3NO3S. The minimum atomic E-state index is -4.78. The van der Waals surface area contributed by atoms with Crippen LogP contribution in [0.3, 0.4) is 0 Å². The molecule has 0 aliphatic rings. The predicted octanol–water partition coefficient (Wildman–Crippen LogP) is 2.06. The van der Waals surface area contributed by atoms with E-state index in [0.29, 0.717) is 5.56 Å². The highest BCUT2D eigenvalue weighted by Gasteiger charge is 2.38. The van der Waals surface area contributed by atoms with Gasteiger partial charge in [0.25, 0.3) is 0 Å². The van der Waals surface area contributed by atoms with E-state index in [2.05, 4.69) is 4.72 Å². The zero-order valence-corrected chi connectivity index (χ0v) is 12.1. The second kappa shape index (κ2) is 5.34. The lowest BCUT2D eigenvalue weighted by Crippen LogP contribution is -2.46. The van der Waals surface area contributed by atoms with Crippen LogP contribution in [0.2, 0.25) is 0 Å². The van der Waals surface area contributed by atoms with Gasteiger partial charge >= 0.3 is 6.18 Å². The molecule has 1 aromatic rings. The van der Waals surface area contributed by atoms with Crippen molar-refractivity contribution in [2.24, 2.45) is 0 Å². The van der Waals surface area contributed by atoms with E-state index in [-0.39, 0.29) is 0 Å². The first-order valence-corrected chi connectivity index (χ1v) is 7.20. The van der Waals surface area contributed by atoms with E-state index in [0.717, 1.165) is 12.1 Å². The normalized spacial score (nSPS) is 13.6. The molecule has 0 saturated carbocycles. The average Bonchev–Trinajstić information content (AvgIpc) is 2.26. The molecule has 0 atom stereocenters. The first kappa shape index (κ1) is 16.9. The maximum Gasteiger partial charge on any atom is 0.417 e. The van der Waals surface area contributed by atoms with Crippen molar-refractivity contribution in [1.82, 2.24) is 4.72 Å². The van der Waals surface area contributed by atoms with Crippen LogP contribution >= 0.6 is 0 Å². The SMILES string of the molecule is Cc1ccc(S(=O)(=O)NC(C)(C)CO)c(C(F)(F)F)c1. The lowest BCUT2D eigenvalue weighted by Gasteiger charge is -2.24. The lowest BCUT2D eigenvalue weighted by atomic mass is 10.1. The second-order valence-corrected chi connectivity index (χ2v) is 6.80. The fourth-order valence-corrected chi connectivity index (χ4v) is 3.16. The van der Waals surface area contributed by atoms with E-state index in [4.69, 9.17) is 5.11 Å². The number of halogens is 3. The van der Waals surface area contributed by atoms with Crippen LogP contribution in [-0.2, 0) is 16.2 Å². The Bertz CT molecular complexity index is 594. The van der Waals surface area contributed by atoms with Crippen LogP contribution in [0.5, 0.6) is 0 Å². The van der Waals surface area contributed by atoms with Crippen molar-refractivity contribution in [3.05, 3.63) is 29.3 Å². The molecular weight excluding hydrogens is 295 g/mol. The van der Waals surface area contributed by atoms with Crippen molar-refractivity contribution in [2.75, 3.05) is 6.61 Å². The molecule has 0 unspecified atom stereocenters. The predicted molar refractivity (Wildman–Crippen MR) is 67.7 cm³/mol. The van der Waals surface area contributed by atoms with Gasteiger partial charge in [0.2, 0.25) is 10.0 Å². The fourth-order valence-electron chi connectivity index (χ4n) is 1.55. The third kappa shape index (κ3) is 3.94. The molecule has 8 heteroatoms.